The van der Waals surface area contributed by atoms with Gasteiger partial charge in [-0.25, -0.2) is 0 Å². The SMILES string of the molecule is CC(C)(C)O[Si](OC(C)(C)C)(OC(C)(C)C)C1=CCCCC1. The van der Waals surface area contributed by atoms with Crippen molar-refractivity contribution < 1.29 is 13.3 Å². The summed E-state index contributed by atoms with van der Waals surface area (Å²) in [6.45, 7) is 18.7. The van der Waals surface area contributed by atoms with E-state index < -0.39 is 8.80 Å². The first kappa shape index (κ1) is 19.9. The van der Waals surface area contributed by atoms with Crippen LogP contribution >= 0.6 is 0 Å². The van der Waals surface area contributed by atoms with Crippen LogP contribution in [0.15, 0.2) is 11.3 Å². The fourth-order valence-corrected chi connectivity index (χ4v) is 6.40. The Morgan fingerprint density at radius 2 is 1.14 bits per heavy atom. The van der Waals surface area contributed by atoms with Crippen molar-refractivity contribution in [3.05, 3.63) is 11.3 Å². The van der Waals surface area contributed by atoms with E-state index in [1.54, 1.807) is 0 Å². The van der Waals surface area contributed by atoms with Gasteiger partial charge in [0, 0.05) is 0 Å². The van der Waals surface area contributed by atoms with E-state index in [1.165, 1.54) is 18.0 Å². The minimum atomic E-state index is -2.94. The predicted molar refractivity (Wildman–Crippen MR) is 94.8 cm³/mol. The van der Waals surface area contributed by atoms with Crippen LogP contribution in [-0.4, -0.2) is 25.6 Å². The Bertz CT molecular complexity index is 353. The molecule has 1 rings (SSSR count). The zero-order chi connectivity index (χ0) is 17.2. The normalized spacial score (nSPS) is 18.3. The summed E-state index contributed by atoms with van der Waals surface area (Å²) in [4.78, 5) is 0. The molecule has 0 saturated heterocycles. The van der Waals surface area contributed by atoms with E-state index in [4.69, 9.17) is 13.3 Å². The van der Waals surface area contributed by atoms with Crippen LogP contribution in [0.5, 0.6) is 0 Å². The van der Waals surface area contributed by atoms with Gasteiger partial charge in [0.15, 0.2) is 0 Å². The molecule has 0 heterocycles. The van der Waals surface area contributed by atoms with Gasteiger partial charge >= 0.3 is 8.80 Å². The monoisotopic (exact) mass is 328 g/mol. The summed E-state index contributed by atoms with van der Waals surface area (Å²) in [5, 5.41) is 1.26. The Hall–Kier alpha value is -0.163. The smallest absolute Gasteiger partial charge is 0.365 e. The van der Waals surface area contributed by atoms with Gasteiger partial charge in [-0.15, -0.1) is 0 Å². The zero-order valence-electron chi connectivity index (χ0n) is 16.1. The summed E-state index contributed by atoms with van der Waals surface area (Å²) < 4.78 is 19.6. The third-order valence-corrected chi connectivity index (χ3v) is 6.89. The second-order valence-electron chi connectivity index (χ2n) is 9.17. The molecule has 0 fully saturated rings. The van der Waals surface area contributed by atoms with Gasteiger partial charge in [0.1, 0.15) is 0 Å². The van der Waals surface area contributed by atoms with E-state index in [-0.39, 0.29) is 16.8 Å². The second-order valence-corrected chi connectivity index (χ2v) is 11.5. The lowest BCUT2D eigenvalue weighted by molar-refractivity contribution is -0.0697. The molecular weight excluding hydrogens is 292 g/mol. The first-order valence-electron chi connectivity index (χ1n) is 8.53. The molecule has 0 spiro atoms. The summed E-state index contributed by atoms with van der Waals surface area (Å²) in [5.74, 6) is 0. The molecule has 130 valence electrons. The van der Waals surface area contributed by atoms with Crippen LogP contribution in [0, 0.1) is 0 Å². The lowest BCUT2D eigenvalue weighted by Gasteiger charge is -2.44. The molecule has 1 aliphatic rings. The van der Waals surface area contributed by atoms with Crippen molar-refractivity contribution >= 4 is 8.80 Å². The molecule has 0 aromatic rings. The van der Waals surface area contributed by atoms with Crippen LogP contribution in [0.4, 0.5) is 0 Å². The highest BCUT2D eigenvalue weighted by molar-refractivity contribution is 6.69. The van der Waals surface area contributed by atoms with Crippen LogP contribution in [0.2, 0.25) is 0 Å². The molecule has 0 aromatic carbocycles. The van der Waals surface area contributed by atoms with E-state index in [1.807, 2.05) is 0 Å². The molecule has 0 N–H and O–H groups in total. The van der Waals surface area contributed by atoms with E-state index in [2.05, 4.69) is 68.4 Å². The van der Waals surface area contributed by atoms with Crippen molar-refractivity contribution in [2.24, 2.45) is 0 Å². The Labute approximate surface area is 138 Å². The largest absolute Gasteiger partial charge is 0.533 e. The van der Waals surface area contributed by atoms with Gasteiger partial charge < -0.3 is 13.3 Å². The Balaban J connectivity index is 3.30. The zero-order valence-corrected chi connectivity index (χ0v) is 17.1. The van der Waals surface area contributed by atoms with Gasteiger partial charge in [-0.3, -0.25) is 0 Å². The molecule has 0 amide bonds. The molecule has 0 aliphatic heterocycles. The molecule has 0 saturated carbocycles. The maximum absolute atomic E-state index is 6.54. The predicted octanol–water partition coefficient (Wildman–Crippen LogP) is 5.41. The molecule has 1 aliphatic carbocycles. The standard InChI is InChI=1S/C18H36O3Si/c1-16(2,3)19-22(20-17(4,5)6,21-18(7,8)9)15-13-11-10-12-14-15/h13H,10-12,14H2,1-9H3. The minimum absolute atomic E-state index is 0.305. The first-order valence-corrected chi connectivity index (χ1v) is 10.2. The van der Waals surface area contributed by atoms with E-state index in [0.29, 0.717) is 0 Å². The van der Waals surface area contributed by atoms with Gasteiger partial charge in [-0.1, -0.05) is 6.08 Å². The topological polar surface area (TPSA) is 27.7 Å². The molecule has 0 aromatic heterocycles. The quantitative estimate of drug-likeness (QED) is 0.646. The van der Waals surface area contributed by atoms with Gasteiger partial charge in [0.2, 0.25) is 0 Å². The summed E-state index contributed by atoms with van der Waals surface area (Å²) in [5.41, 5.74) is -0.914. The average molecular weight is 329 g/mol. The van der Waals surface area contributed by atoms with E-state index >= 15 is 0 Å². The Morgan fingerprint density at radius 3 is 1.41 bits per heavy atom. The van der Waals surface area contributed by atoms with E-state index in [0.717, 1.165) is 12.8 Å². The van der Waals surface area contributed by atoms with Crippen molar-refractivity contribution in [3.8, 4) is 0 Å². The second kappa shape index (κ2) is 6.76. The Morgan fingerprint density at radius 1 is 0.727 bits per heavy atom. The van der Waals surface area contributed by atoms with Gasteiger partial charge in [-0.05, 0) is 93.2 Å². The van der Waals surface area contributed by atoms with Crippen LogP contribution in [0.1, 0.15) is 88.0 Å². The summed E-state index contributed by atoms with van der Waals surface area (Å²) in [6.07, 6.45) is 6.86. The van der Waals surface area contributed by atoms with Crippen LogP contribution in [0.25, 0.3) is 0 Å². The molecule has 0 atom stereocenters. The Kier molecular flexibility index (Phi) is 6.11. The maximum Gasteiger partial charge on any atom is 0.533 e. The van der Waals surface area contributed by atoms with Crippen molar-refractivity contribution in [3.63, 3.8) is 0 Å². The van der Waals surface area contributed by atoms with Crippen LogP contribution in [-0.2, 0) is 13.3 Å². The van der Waals surface area contributed by atoms with Crippen molar-refractivity contribution in [1.29, 1.82) is 0 Å². The molecule has 4 heteroatoms. The molecular formula is C18H36O3Si. The number of hydrogen-bond acceptors (Lipinski definition) is 3. The van der Waals surface area contributed by atoms with Crippen molar-refractivity contribution in [2.75, 3.05) is 0 Å². The number of allylic oxidation sites excluding steroid dienone is 2. The lowest BCUT2D eigenvalue weighted by atomic mass is 10.1. The lowest BCUT2D eigenvalue weighted by Crippen LogP contribution is -2.59. The fourth-order valence-electron chi connectivity index (χ4n) is 2.58. The molecule has 3 nitrogen and oxygen atoms in total. The average Bonchev–Trinajstić information content (AvgIpc) is 2.22. The first-order chi connectivity index (χ1) is 9.73. The highest BCUT2D eigenvalue weighted by Gasteiger charge is 2.53. The number of hydrogen-bond donors (Lipinski definition) is 0. The third kappa shape index (κ3) is 6.94. The van der Waals surface area contributed by atoms with E-state index in [9.17, 15) is 0 Å². The van der Waals surface area contributed by atoms with Gasteiger partial charge in [0.05, 0.1) is 16.8 Å². The minimum Gasteiger partial charge on any atom is -0.365 e. The third-order valence-electron chi connectivity index (χ3n) is 3.01. The summed E-state index contributed by atoms with van der Waals surface area (Å²) >= 11 is 0. The molecule has 22 heavy (non-hydrogen) atoms. The van der Waals surface area contributed by atoms with Gasteiger partial charge in [0.25, 0.3) is 0 Å². The van der Waals surface area contributed by atoms with Gasteiger partial charge in [-0.2, -0.15) is 0 Å². The van der Waals surface area contributed by atoms with Crippen molar-refractivity contribution in [2.45, 2.75) is 105 Å². The summed E-state index contributed by atoms with van der Waals surface area (Å²) in [6, 6.07) is 0. The maximum atomic E-state index is 6.54. The summed E-state index contributed by atoms with van der Waals surface area (Å²) in [7, 11) is -2.94. The number of rotatable bonds is 4. The molecule has 0 radical (unpaired) electrons. The van der Waals surface area contributed by atoms with Crippen LogP contribution < -0.4 is 0 Å². The highest BCUT2D eigenvalue weighted by Crippen LogP contribution is 2.37. The van der Waals surface area contributed by atoms with Crippen molar-refractivity contribution in [1.82, 2.24) is 0 Å². The van der Waals surface area contributed by atoms with Crippen LogP contribution in [0.3, 0.4) is 0 Å². The molecule has 0 bridgehead atoms. The molecule has 0 unspecified atom stereocenters. The highest BCUT2D eigenvalue weighted by atomic mass is 28.4. The fraction of sp³-hybridized carbons (Fsp3) is 0.889.